The van der Waals surface area contributed by atoms with Gasteiger partial charge in [-0.25, -0.2) is 0 Å². The Labute approximate surface area is 199 Å². The van der Waals surface area contributed by atoms with Gasteiger partial charge < -0.3 is 12.7 Å². The molecule has 3 heteroatoms. The van der Waals surface area contributed by atoms with Gasteiger partial charge in [-0.3, -0.25) is 4.99 Å². The largest absolute Gasteiger partial charge is 2.00 e. The second-order valence-corrected chi connectivity index (χ2v) is 7.19. The topological polar surface area (TPSA) is 26.5 Å². The summed E-state index contributed by atoms with van der Waals surface area (Å²) in [6, 6.07) is 21.3. The quantitative estimate of drug-likeness (QED) is 0.184. The van der Waals surface area contributed by atoms with Crippen molar-refractivity contribution in [2.24, 2.45) is 4.99 Å². The molecule has 2 nitrogen and oxygen atoms in total. The van der Waals surface area contributed by atoms with Crippen LogP contribution in [0.15, 0.2) is 65.7 Å². The molecule has 0 aliphatic carbocycles. The first kappa shape index (κ1) is 26.7. The second kappa shape index (κ2) is 13.1. The molecular formula is C28H34N2Ni. The number of hydrogen-bond donors (Lipinski definition) is 0. The minimum atomic E-state index is 0. The van der Waals surface area contributed by atoms with E-state index in [4.69, 9.17) is 10.3 Å². The third-order valence-corrected chi connectivity index (χ3v) is 5.43. The smallest absolute Gasteiger partial charge is 0.657 e. The Morgan fingerprint density at radius 3 is 1.68 bits per heavy atom. The van der Waals surface area contributed by atoms with E-state index in [0.717, 1.165) is 48.3 Å². The van der Waals surface area contributed by atoms with Crippen molar-refractivity contribution in [1.29, 1.82) is 0 Å². The maximum absolute atomic E-state index is 5.09. The first-order valence-corrected chi connectivity index (χ1v) is 10.8. The van der Waals surface area contributed by atoms with Crippen LogP contribution in [0.3, 0.4) is 0 Å². The first-order valence-electron chi connectivity index (χ1n) is 10.8. The maximum Gasteiger partial charge on any atom is 2.00 e. The fourth-order valence-electron chi connectivity index (χ4n) is 3.69. The van der Waals surface area contributed by atoms with E-state index >= 15 is 0 Å². The SMILES string of the molecule is CCc1cccc(CC)c1N=Cc1ccccc1[N-]c1c(CC)cccc1CC.[CH3-].[Ni+2]. The average molecular weight is 457 g/mol. The van der Waals surface area contributed by atoms with Crippen LogP contribution in [0.25, 0.3) is 5.32 Å². The van der Waals surface area contributed by atoms with Crippen LogP contribution < -0.4 is 0 Å². The molecule has 0 atom stereocenters. The first-order chi connectivity index (χ1) is 14.2. The Kier molecular flexibility index (Phi) is 11.3. The molecule has 0 fully saturated rings. The molecule has 0 spiro atoms. The minimum absolute atomic E-state index is 0. The molecule has 3 aromatic carbocycles. The molecule has 0 saturated carbocycles. The molecule has 0 unspecified atom stereocenters. The number of rotatable bonds is 8. The molecule has 3 rings (SSSR count). The van der Waals surface area contributed by atoms with E-state index in [9.17, 15) is 0 Å². The van der Waals surface area contributed by atoms with Gasteiger partial charge in [0.15, 0.2) is 0 Å². The molecule has 0 aliphatic heterocycles. The van der Waals surface area contributed by atoms with E-state index in [-0.39, 0.29) is 23.9 Å². The number of nitrogens with zero attached hydrogens (tertiary/aromatic N) is 2. The summed E-state index contributed by atoms with van der Waals surface area (Å²) >= 11 is 0. The fraction of sp³-hybridized carbons (Fsp3) is 0.286. The zero-order valence-electron chi connectivity index (χ0n) is 19.4. The van der Waals surface area contributed by atoms with Crippen molar-refractivity contribution in [3.05, 3.63) is 101 Å². The van der Waals surface area contributed by atoms with Crippen LogP contribution in [0.2, 0.25) is 0 Å². The predicted octanol–water partition coefficient (Wildman–Crippen LogP) is 8.47. The predicted molar refractivity (Wildman–Crippen MR) is 133 cm³/mol. The minimum Gasteiger partial charge on any atom is -0.657 e. The van der Waals surface area contributed by atoms with Gasteiger partial charge in [-0.15, -0.1) is 11.4 Å². The third kappa shape index (κ3) is 6.31. The number of para-hydroxylation sites is 3. The molecule has 0 aromatic heterocycles. The standard InChI is InChI=1S/C27H31N2.CH3.Ni/c1-5-20-14-11-15-21(6-2)26(20)28-19-24-13-9-10-18-25(24)29-27-22(7-3)16-12-17-23(27)8-4;;/h9-19H,5-8H2,1-4H3;1H3;/q2*-1;+2. The number of benzene rings is 3. The van der Waals surface area contributed by atoms with Crippen molar-refractivity contribution in [3.8, 4) is 0 Å². The summed E-state index contributed by atoms with van der Waals surface area (Å²) in [6.45, 7) is 8.75. The number of aryl methyl sites for hydroxylation is 4. The second-order valence-electron chi connectivity index (χ2n) is 7.19. The van der Waals surface area contributed by atoms with Crippen molar-refractivity contribution in [2.45, 2.75) is 53.4 Å². The van der Waals surface area contributed by atoms with E-state index in [2.05, 4.69) is 82.3 Å². The van der Waals surface area contributed by atoms with Crippen molar-refractivity contribution < 1.29 is 16.5 Å². The molecule has 0 radical (unpaired) electrons. The monoisotopic (exact) mass is 456 g/mol. The van der Waals surface area contributed by atoms with Gasteiger partial charge in [0.25, 0.3) is 0 Å². The van der Waals surface area contributed by atoms with Crippen LogP contribution in [-0.4, -0.2) is 6.21 Å². The Morgan fingerprint density at radius 2 is 1.16 bits per heavy atom. The molecule has 31 heavy (non-hydrogen) atoms. The van der Waals surface area contributed by atoms with Gasteiger partial charge in [-0.05, 0) is 42.4 Å². The Hall–Kier alpha value is -2.38. The van der Waals surface area contributed by atoms with Gasteiger partial charge in [0.2, 0.25) is 0 Å². The number of hydrogen-bond acceptors (Lipinski definition) is 1. The summed E-state index contributed by atoms with van der Waals surface area (Å²) < 4.78 is 0. The molecule has 0 N–H and O–H groups in total. The van der Waals surface area contributed by atoms with Crippen LogP contribution in [0.4, 0.5) is 17.1 Å². The van der Waals surface area contributed by atoms with Gasteiger partial charge >= 0.3 is 16.5 Å². The molecule has 0 bridgehead atoms. The molecular weight excluding hydrogens is 423 g/mol. The average Bonchev–Trinajstić information content (AvgIpc) is 2.78. The van der Waals surface area contributed by atoms with Crippen molar-refractivity contribution in [1.82, 2.24) is 0 Å². The van der Waals surface area contributed by atoms with Crippen LogP contribution in [0.5, 0.6) is 0 Å². The van der Waals surface area contributed by atoms with Crippen LogP contribution >= 0.6 is 0 Å². The zero-order valence-corrected chi connectivity index (χ0v) is 20.4. The van der Waals surface area contributed by atoms with E-state index in [0.29, 0.717) is 0 Å². The normalized spacial score (nSPS) is 10.5. The van der Waals surface area contributed by atoms with E-state index in [1.54, 1.807) is 0 Å². The van der Waals surface area contributed by atoms with Gasteiger partial charge in [0.05, 0.1) is 5.69 Å². The summed E-state index contributed by atoms with van der Waals surface area (Å²) in [7, 11) is 0. The Balaban J connectivity index is 0.00000240. The molecule has 0 heterocycles. The molecule has 166 valence electrons. The van der Waals surface area contributed by atoms with Crippen LogP contribution in [0.1, 0.15) is 55.5 Å². The maximum atomic E-state index is 5.09. The molecule has 3 aromatic rings. The summed E-state index contributed by atoms with van der Waals surface area (Å²) in [6.07, 6.45) is 5.90. The van der Waals surface area contributed by atoms with E-state index in [1.165, 1.54) is 22.3 Å². The molecule has 0 saturated heterocycles. The zero-order chi connectivity index (χ0) is 20.6. The van der Waals surface area contributed by atoms with Crippen molar-refractivity contribution in [2.75, 3.05) is 0 Å². The van der Waals surface area contributed by atoms with Gasteiger partial charge in [-0.1, -0.05) is 99.5 Å². The van der Waals surface area contributed by atoms with Crippen LogP contribution in [-0.2, 0) is 42.2 Å². The van der Waals surface area contributed by atoms with Gasteiger partial charge in [0, 0.05) is 6.21 Å². The van der Waals surface area contributed by atoms with E-state index < -0.39 is 0 Å². The Bertz CT molecular complexity index is 948. The third-order valence-electron chi connectivity index (χ3n) is 5.43. The van der Waals surface area contributed by atoms with Gasteiger partial charge in [0.1, 0.15) is 0 Å². The van der Waals surface area contributed by atoms with E-state index in [1.807, 2.05) is 12.3 Å². The summed E-state index contributed by atoms with van der Waals surface area (Å²) in [4.78, 5) is 4.92. The summed E-state index contributed by atoms with van der Waals surface area (Å²) in [5, 5.41) is 5.09. The van der Waals surface area contributed by atoms with Gasteiger partial charge in [-0.2, -0.15) is 0 Å². The number of aliphatic imine (C=N–C) groups is 1. The Morgan fingerprint density at radius 1 is 0.677 bits per heavy atom. The molecule has 0 aliphatic rings. The summed E-state index contributed by atoms with van der Waals surface area (Å²) in [5.41, 5.74) is 9.41. The van der Waals surface area contributed by atoms with Crippen LogP contribution in [0, 0.1) is 7.43 Å². The van der Waals surface area contributed by atoms with Crippen molar-refractivity contribution in [3.63, 3.8) is 0 Å². The molecule has 0 amide bonds. The fourth-order valence-corrected chi connectivity index (χ4v) is 3.69. The summed E-state index contributed by atoms with van der Waals surface area (Å²) in [5.74, 6) is 0. The van der Waals surface area contributed by atoms with Crippen molar-refractivity contribution >= 4 is 23.3 Å².